The van der Waals surface area contributed by atoms with E-state index >= 15 is 0 Å². The van der Waals surface area contributed by atoms with Gasteiger partial charge in [-0.2, -0.15) is 0 Å². The van der Waals surface area contributed by atoms with E-state index in [0.29, 0.717) is 0 Å². The number of carboxylic acids is 2. The van der Waals surface area contributed by atoms with Crippen LogP contribution in [0.2, 0.25) is 8.87 Å². The van der Waals surface area contributed by atoms with Crippen molar-refractivity contribution in [2.75, 3.05) is 0 Å². The molecule has 0 unspecified atom stereocenters. The van der Waals surface area contributed by atoms with Crippen LogP contribution >= 0.6 is 0 Å². The van der Waals surface area contributed by atoms with Gasteiger partial charge in [0.25, 0.3) is 0 Å². The van der Waals surface area contributed by atoms with Crippen LogP contribution in [0, 0.1) is 0 Å². The Morgan fingerprint density at radius 2 is 1.44 bits per heavy atom. The second-order valence-electron chi connectivity index (χ2n) is 1.39. The molecule has 0 aromatic carbocycles. The van der Waals surface area contributed by atoms with Crippen molar-refractivity contribution in [2.24, 2.45) is 0 Å². The Hall–Kier alpha value is -0.261. The van der Waals surface area contributed by atoms with Crippen LogP contribution < -0.4 is 0 Å². The van der Waals surface area contributed by atoms with E-state index in [1.165, 1.54) is 0 Å². The molecule has 0 saturated carbocycles. The summed E-state index contributed by atoms with van der Waals surface area (Å²) in [6.07, 6.45) is 0. The summed E-state index contributed by atoms with van der Waals surface area (Å²) in [5.74, 6) is -1.74. The molecule has 2 radical (unpaired) electrons. The van der Waals surface area contributed by atoms with Crippen LogP contribution in [0.3, 0.4) is 0 Å². The molecule has 9 heavy (non-hydrogen) atoms. The minimum atomic E-state index is -1.13. The summed E-state index contributed by atoms with van der Waals surface area (Å²) < 4.78 is 0.214. The Kier molecular flexibility index (Phi) is 4.47. The Balaban J connectivity index is 3.10. The van der Waals surface area contributed by atoms with Crippen molar-refractivity contribution in [3.8, 4) is 0 Å². The molecule has 0 aromatic rings. The molecule has 0 atom stereocenters. The SMILES string of the molecule is O=C(O)[CH2][Sn][CH2]C(=O)O. The van der Waals surface area contributed by atoms with Crippen LogP contribution in [-0.2, 0) is 9.59 Å². The first kappa shape index (κ1) is 8.74. The molecule has 0 aliphatic rings. The third-order valence-corrected chi connectivity index (χ3v) is 3.71. The predicted molar refractivity (Wildman–Crippen MR) is 30.6 cm³/mol. The second kappa shape index (κ2) is 4.60. The molecule has 4 nitrogen and oxygen atoms in total. The van der Waals surface area contributed by atoms with Gasteiger partial charge in [-0.3, -0.25) is 0 Å². The zero-order valence-corrected chi connectivity index (χ0v) is 7.48. The molecule has 5 heteroatoms. The minimum absolute atomic E-state index is 0.107. The van der Waals surface area contributed by atoms with Gasteiger partial charge in [-0.25, -0.2) is 0 Å². The van der Waals surface area contributed by atoms with Crippen molar-refractivity contribution in [1.82, 2.24) is 0 Å². The number of hydrogen-bond donors (Lipinski definition) is 2. The molecular formula is C4H6O4Sn. The quantitative estimate of drug-likeness (QED) is 0.658. The summed E-state index contributed by atoms with van der Waals surface area (Å²) in [5, 5.41) is 16.2. The monoisotopic (exact) mass is 238 g/mol. The van der Waals surface area contributed by atoms with Gasteiger partial charge in [0.2, 0.25) is 0 Å². The van der Waals surface area contributed by atoms with Gasteiger partial charge in [0.05, 0.1) is 0 Å². The van der Waals surface area contributed by atoms with Gasteiger partial charge in [-0.15, -0.1) is 0 Å². The predicted octanol–water partition coefficient (Wildman–Crippen LogP) is -0.304. The van der Waals surface area contributed by atoms with Crippen molar-refractivity contribution in [2.45, 2.75) is 8.87 Å². The molecule has 2 N–H and O–H groups in total. The molecule has 0 fully saturated rings. The summed E-state index contributed by atoms with van der Waals surface area (Å²) in [6, 6.07) is 0. The van der Waals surface area contributed by atoms with E-state index in [1.54, 1.807) is 0 Å². The van der Waals surface area contributed by atoms with E-state index in [2.05, 4.69) is 0 Å². The Bertz CT molecular complexity index is 108. The summed E-state index contributed by atoms with van der Waals surface area (Å²) >= 11 is -1.13. The third-order valence-electron chi connectivity index (χ3n) is 0.552. The molecule has 0 saturated heterocycles. The number of carboxylic acid groups (broad SMARTS) is 2. The van der Waals surface area contributed by atoms with Crippen LogP contribution in [0.15, 0.2) is 0 Å². The topological polar surface area (TPSA) is 74.6 Å². The average molecular weight is 237 g/mol. The Morgan fingerprint density at radius 3 is 1.67 bits per heavy atom. The van der Waals surface area contributed by atoms with Crippen LogP contribution in [0.4, 0.5) is 0 Å². The van der Waals surface area contributed by atoms with Crippen LogP contribution in [0.5, 0.6) is 0 Å². The van der Waals surface area contributed by atoms with Gasteiger partial charge in [0, 0.05) is 0 Å². The number of carbonyl (C=O) groups is 2. The second-order valence-corrected chi connectivity index (χ2v) is 4.84. The molecule has 0 bridgehead atoms. The molecule has 50 valence electrons. The van der Waals surface area contributed by atoms with Crippen molar-refractivity contribution in [3.63, 3.8) is 0 Å². The molecule has 0 rings (SSSR count). The van der Waals surface area contributed by atoms with Gasteiger partial charge in [-0.05, 0) is 0 Å². The maximum absolute atomic E-state index is 9.83. The first-order valence-electron chi connectivity index (χ1n) is 2.27. The molecule has 0 aliphatic heterocycles. The average Bonchev–Trinajstić information content (AvgIpc) is 1.63. The molecule has 0 spiro atoms. The Labute approximate surface area is 62.1 Å². The zero-order valence-electron chi connectivity index (χ0n) is 4.63. The number of hydrogen-bond acceptors (Lipinski definition) is 2. The van der Waals surface area contributed by atoms with Crippen LogP contribution in [0.25, 0.3) is 0 Å². The van der Waals surface area contributed by atoms with E-state index in [9.17, 15) is 9.59 Å². The van der Waals surface area contributed by atoms with Gasteiger partial charge in [0.15, 0.2) is 0 Å². The maximum atomic E-state index is 9.83. The zero-order chi connectivity index (χ0) is 7.28. The molecule has 0 heterocycles. The van der Waals surface area contributed by atoms with E-state index in [-0.39, 0.29) is 8.87 Å². The first-order valence-corrected chi connectivity index (χ1v) is 6.31. The molecule has 0 aliphatic carbocycles. The Morgan fingerprint density at radius 1 is 1.11 bits per heavy atom. The van der Waals surface area contributed by atoms with Gasteiger partial charge >= 0.3 is 61.8 Å². The fraction of sp³-hybridized carbons (Fsp3) is 0.500. The molecule has 0 amide bonds. The van der Waals surface area contributed by atoms with Crippen molar-refractivity contribution < 1.29 is 19.8 Å². The summed E-state index contributed by atoms with van der Waals surface area (Å²) in [4.78, 5) is 19.7. The number of aliphatic carboxylic acids is 2. The van der Waals surface area contributed by atoms with E-state index in [4.69, 9.17) is 10.2 Å². The van der Waals surface area contributed by atoms with Crippen molar-refractivity contribution >= 4 is 33.1 Å². The normalized spacial score (nSPS) is 8.89. The van der Waals surface area contributed by atoms with Gasteiger partial charge in [0.1, 0.15) is 0 Å². The van der Waals surface area contributed by atoms with E-state index in [0.717, 1.165) is 0 Å². The molecule has 0 aromatic heterocycles. The van der Waals surface area contributed by atoms with Gasteiger partial charge < -0.3 is 0 Å². The summed E-state index contributed by atoms with van der Waals surface area (Å²) in [6.45, 7) is 0. The van der Waals surface area contributed by atoms with Crippen molar-refractivity contribution in [3.05, 3.63) is 0 Å². The van der Waals surface area contributed by atoms with Crippen LogP contribution in [0.1, 0.15) is 0 Å². The van der Waals surface area contributed by atoms with Crippen molar-refractivity contribution in [1.29, 1.82) is 0 Å². The van der Waals surface area contributed by atoms with Gasteiger partial charge in [-0.1, -0.05) is 0 Å². The summed E-state index contributed by atoms with van der Waals surface area (Å²) in [5.41, 5.74) is 0. The fourth-order valence-electron chi connectivity index (χ4n) is 0.276. The number of rotatable bonds is 4. The van der Waals surface area contributed by atoms with E-state index in [1.807, 2.05) is 0 Å². The summed E-state index contributed by atoms with van der Waals surface area (Å²) in [7, 11) is 0. The standard InChI is InChI=1S/2C2H3O2.Sn/c2*1-2(3)4;/h2*1H2,(H,3,4);. The molecular weight excluding hydrogens is 231 g/mol. The third kappa shape index (κ3) is 7.74. The van der Waals surface area contributed by atoms with Crippen LogP contribution in [-0.4, -0.2) is 43.3 Å². The first-order chi connectivity index (χ1) is 4.13. The van der Waals surface area contributed by atoms with E-state index < -0.39 is 33.1 Å². The fourth-order valence-corrected chi connectivity index (χ4v) is 1.85.